The molecule has 0 aliphatic carbocycles. The highest BCUT2D eigenvalue weighted by Crippen LogP contribution is 2.10. The maximum absolute atomic E-state index is 5.41. The molecule has 0 spiro atoms. The van der Waals surface area contributed by atoms with Gasteiger partial charge in [0, 0.05) is 11.3 Å². The van der Waals surface area contributed by atoms with Crippen molar-refractivity contribution < 1.29 is 4.74 Å². The Balaban J connectivity index is 2.32. The first-order valence-electron chi connectivity index (χ1n) is 4.30. The minimum Gasteiger partial charge on any atom is -0.473 e. The van der Waals surface area contributed by atoms with Crippen LogP contribution in [0, 0.1) is 0 Å². The van der Waals surface area contributed by atoms with E-state index in [4.69, 9.17) is 4.74 Å². The normalized spacial score (nSPS) is 15.8. The third-order valence-electron chi connectivity index (χ3n) is 1.90. The molecule has 1 aliphatic rings. The van der Waals surface area contributed by atoms with E-state index in [-0.39, 0.29) is 0 Å². The van der Waals surface area contributed by atoms with E-state index in [9.17, 15) is 0 Å². The zero-order chi connectivity index (χ0) is 9.10. The number of hydrogen-bond donors (Lipinski definition) is 0. The lowest BCUT2D eigenvalue weighted by molar-refractivity contribution is 0.343. The van der Waals surface area contributed by atoms with E-state index >= 15 is 0 Å². The van der Waals surface area contributed by atoms with Gasteiger partial charge in [-0.3, -0.25) is 0 Å². The van der Waals surface area contributed by atoms with Crippen LogP contribution in [0.2, 0.25) is 0 Å². The highest BCUT2D eigenvalue weighted by molar-refractivity contribution is 5.95. The molecule has 2 rings (SSSR count). The number of allylic oxidation sites excluding steroid dienone is 1. The molecular weight excluding hydrogens is 162 g/mol. The highest BCUT2D eigenvalue weighted by Gasteiger charge is 2.06. The molecular formula is C11H11NO. The van der Waals surface area contributed by atoms with Gasteiger partial charge in [0.25, 0.3) is 0 Å². The smallest absolute Gasteiger partial charge is 0.221 e. The first kappa shape index (κ1) is 8.05. The van der Waals surface area contributed by atoms with E-state index in [2.05, 4.69) is 4.99 Å². The van der Waals surface area contributed by atoms with Crippen molar-refractivity contribution in [2.24, 2.45) is 4.99 Å². The lowest BCUT2D eigenvalue weighted by Crippen LogP contribution is -2.10. The average molecular weight is 173 g/mol. The van der Waals surface area contributed by atoms with E-state index in [0.717, 1.165) is 17.2 Å². The van der Waals surface area contributed by atoms with Crippen LogP contribution >= 0.6 is 0 Å². The molecule has 0 saturated heterocycles. The standard InChI is InChI=1S/C11H11NO/c1-9-7-8-13-11(12-9)10-5-3-2-4-6-10/h2-7H,8H2,1H3. The summed E-state index contributed by atoms with van der Waals surface area (Å²) < 4.78 is 5.41. The Labute approximate surface area is 77.6 Å². The van der Waals surface area contributed by atoms with Crippen LogP contribution in [0.5, 0.6) is 0 Å². The lowest BCUT2D eigenvalue weighted by Gasteiger charge is -2.11. The summed E-state index contributed by atoms with van der Waals surface area (Å²) in [5.74, 6) is 0.723. The fraction of sp³-hybridized carbons (Fsp3) is 0.182. The monoisotopic (exact) mass is 173 g/mol. The van der Waals surface area contributed by atoms with E-state index in [1.165, 1.54) is 0 Å². The van der Waals surface area contributed by atoms with Gasteiger partial charge in [0.15, 0.2) is 0 Å². The summed E-state index contributed by atoms with van der Waals surface area (Å²) in [5.41, 5.74) is 2.06. The van der Waals surface area contributed by atoms with Gasteiger partial charge in [-0.2, -0.15) is 0 Å². The summed E-state index contributed by atoms with van der Waals surface area (Å²) in [6, 6.07) is 9.94. The SMILES string of the molecule is CC1=CCOC(c2ccccc2)=N1. The van der Waals surface area contributed by atoms with Gasteiger partial charge in [0.1, 0.15) is 6.61 Å². The molecule has 1 aromatic carbocycles. The third kappa shape index (κ3) is 1.78. The van der Waals surface area contributed by atoms with Gasteiger partial charge in [-0.05, 0) is 25.1 Å². The van der Waals surface area contributed by atoms with E-state index in [1.54, 1.807) is 0 Å². The van der Waals surface area contributed by atoms with Crippen LogP contribution in [0.25, 0.3) is 0 Å². The third-order valence-corrected chi connectivity index (χ3v) is 1.90. The van der Waals surface area contributed by atoms with E-state index in [0.29, 0.717) is 6.61 Å². The summed E-state index contributed by atoms with van der Waals surface area (Å²) in [5, 5.41) is 0. The van der Waals surface area contributed by atoms with Gasteiger partial charge in [0.05, 0.1) is 0 Å². The molecule has 1 aliphatic heterocycles. The Bertz CT molecular complexity index is 352. The Morgan fingerprint density at radius 3 is 2.69 bits per heavy atom. The number of rotatable bonds is 1. The molecule has 0 radical (unpaired) electrons. The molecule has 1 heterocycles. The topological polar surface area (TPSA) is 21.6 Å². The zero-order valence-electron chi connectivity index (χ0n) is 7.53. The first-order chi connectivity index (χ1) is 6.36. The summed E-state index contributed by atoms with van der Waals surface area (Å²) in [6.45, 7) is 2.60. The maximum atomic E-state index is 5.41. The molecule has 0 aromatic heterocycles. The van der Waals surface area contributed by atoms with Gasteiger partial charge >= 0.3 is 0 Å². The zero-order valence-corrected chi connectivity index (χ0v) is 7.53. The summed E-state index contributed by atoms with van der Waals surface area (Å²) in [4.78, 5) is 4.31. The van der Waals surface area contributed by atoms with Gasteiger partial charge in [0.2, 0.25) is 5.90 Å². The fourth-order valence-electron chi connectivity index (χ4n) is 1.21. The second-order valence-electron chi connectivity index (χ2n) is 2.94. The van der Waals surface area contributed by atoms with Crippen LogP contribution in [0.4, 0.5) is 0 Å². The summed E-state index contributed by atoms with van der Waals surface area (Å²) in [7, 11) is 0. The molecule has 0 fully saturated rings. The Hall–Kier alpha value is -1.57. The van der Waals surface area contributed by atoms with Crippen molar-refractivity contribution in [2.45, 2.75) is 6.92 Å². The fourth-order valence-corrected chi connectivity index (χ4v) is 1.21. The second kappa shape index (κ2) is 3.44. The maximum Gasteiger partial charge on any atom is 0.221 e. The molecule has 0 N–H and O–H groups in total. The number of benzene rings is 1. The van der Waals surface area contributed by atoms with Gasteiger partial charge in [-0.1, -0.05) is 18.2 Å². The van der Waals surface area contributed by atoms with Crippen LogP contribution < -0.4 is 0 Å². The molecule has 1 aromatic rings. The van der Waals surface area contributed by atoms with Crippen LogP contribution in [0.1, 0.15) is 12.5 Å². The van der Waals surface area contributed by atoms with Gasteiger partial charge in [-0.15, -0.1) is 0 Å². The predicted octanol–water partition coefficient (Wildman–Crippen LogP) is 2.37. The number of nitrogens with zero attached hydrogens (tertiary/aromatic N) is 1. The van der Waals surface area contributed by atoms with Crippen molar-refractivity contribution in [3.05, 3.63) is 47.7 Å². The van der Waals surface area contributed by atoms with Crippen molar-refractivity contribution in [1.29, 1.82) is 0 Å². The highest BCUT2D eigenvalue weighted by atomic mass is 16.5. The first-order valence-corrected chi connectivity index (χ1v) is 4.30. The molecule has 0 unspecified atom stereocenters. The Morgan fingerprint density at radius 2 is 2.00 bits per heavy atom. The van der Waals surface area contributed by atoms with Crippen molar-refractivity contribution in [3.8, 4) is 0 Å². The van der Waals surface area contributed by atoms with Crippen molar-refractivity contribution in [1.82, 2.24) is 0 Å². The summed E-state index contributed by atoms with van der Waals surface area (Å²) in [6.07, 6.45) is 1.96. The van der Waals surface area contributed by atoms with Crippen molar-refractivity contribution >= 4 is 5.90 Å². The van der Waals surface area contributed by atoms with Crippen molar-refractivity contribution in [2.75, 3.05) is 6.61 Å². The lowest BCUT2D eigenvalue weighted by atomic mass is 10.2. The quantitative estimate of drug-likeness (QED) is 0.638. The largest absolute Gasteiger partial charge is 0.473 e. The van der Waals surface area contributed by atoms with Crippen LogP contribution in [0.3, 0.4) is 0 Å². The summed E-state index contributed by atoms with van der Waals surface area (Å²) >= 11 is 0. The second-order valence-corrected chi connectivity index (χ2v) is 2.94. The molecule has 0 bridgehead atoms. The minimum absolute atomic E-state index is 0.625. The number of aliphatic imine (C=N–C) groups is 1. The molecule has 0 atom stereocenters. The molecule has 0 amide bonds. The molecule has 0 saturated carbocycles. The average Bonchev–Trinajstić information content (AvgIpc) is 2.19. The number of hydrogen-bond acceptors (Lipinski definition) is 2. The van der Waals surface area contributed by atoms with E-state index < -0.39 is 0 Å². The van der Waals surface area contributed by atoms with Gasteiger partial charge in [-0.25, -0.2) is 4.99 Å². The molecule has 13 heavy (non-hydrogen) atoms. The predicted molar refractivity (Wildman–Crippen MR) is 52.7 cm³/mol. The Morgan fingerprint density at radius 1 is 1.23 bits per heavy atom. The van der Waals surface area contributed by atoms with Gasteiger partial charge < -0.3 is 4.74 Å². The van der Waals surface area contributed by atoms with Crippen LogP contribution in [-0.2, 0) is 4.74 Å². The van der Waals surface area contributed by atoms with E-state index in [1.807, 2.05) is 43.3 Å². The van der Waals surface area contributed by atoms with Crippen molar-refractivity contribution in [3.63, 3.8) is 0 Å². The minimum atomic E-state index is 0.625. The van der Waals surface area contributed by atoms with Crippen LogP contribution in [-0.4, -0.2) is 12.5 Å². The molecule has 66 valence electrons. The Kier molecular flexibility index (Phi) is 2.13. The molecule has 2 heteroatoms. The molecule has 2 nitrogen and oxygen atoms in total. The van der Waals surface area contributed by atoms with Crippen LogP contribution in [0.15, 0.2) is 47.1 Å². The number of ether oxygens (including phenoxy) is 1.